The van der Waals surface area contributed by atoms with Crippen molar-refractivity contribution in [3.8, 4) is 0 Å². The van der Waals surface area contributed by atoms with Crippen LogP contribution in [0.1, 0.15) is 27.2 Å². The highest BCUT2D eigenvalue weighted by atomic mass is 32.2. The largest absolute Gasteiger partial charge is 0.307 e. The number of rotatable bonds is 5. The zero-order valence-corrected chi connectivity index (χ0v) is 15.1. The summed E-state index contributed by atoms with van der Waals surface area (Å²) < 4.78 is 1.07. The molecule has 0 radical (unpaired) electrons. The summed E-state index contributed by atoms with van der Waals surface area (Å²) in [4.78, 5) is 20.8. The number of anilines is 1. The fourth-order valence-electron chi connectivity index (χ4n) is 2.09. The van der Waals surface area contributed by atoms with Gasteiger partial charge in [0.2, 0.25) is 0 Å². The molecule has 0 atom stereocenters. The number of thiazole rings is 1. The molecule has 4 nitrogen and oxygen atoms in total. The summed E-state index contributed by atoms with van der Waals surface area (Å²) in [5, 5.41) is 4.87. The number of hydrogen-bond donors (Lipinski definition) is 1. The first-order chi connectivity index (χ1) is 11.6. The van der Waals surface area contributed by atoms with Gasteiger partial charge in [-0.1, -0.05) is 23.9 Å². The Bertz CT molecular complexity index is 843. The third kappa shape index (κ3) is 4.43. The van der Waals surface area contributed by atoms with Gasteiger partial charge in [-0.05, 0) is 49.2 Å². The number of aromatic nitrogens is 2. The van der Waals surface area contributed by atoms with Crippen molar-refractivity contribution in [3.63, 3.8) is 0 Å². The number of benzene rings is 1. The summed E-state index contributed by atoms with van der Waals surface area (Å²) in [6.07, 6.45) is 1.69. The first-order valence-electron chi connectivity index (χ1n) is 7.48. The van der Waals surface area contributed by atoms with Crippen molar-refractivity contribution < 1.29 is 4.79 Å². The third-order valence-corrected chi connectivity index (χ3v) is 5.54. The molecular formula is C18H17N3OS2. The van der Waals surface area contributed by atoms with Crippen molar-refractivity contribution in [1.82, 2.24) is 9.97 Å². The van der Waals surface area contributed by atoms with Crippen LogP contribution >= 0.6 is 23.1 Å². The minimum Gasteiger partial charge on any atom is -0.307 e. The topological polar surface area (TPSA) is 54.9 Å². The van der Waals surface area contributed by atoms with E-state index in [1.54, 1.807) is 29.3 Å². The van der Waals surface area contributed by atoms with Gasteiger partial charge in [-0.15, -0.1) is 11.3 Å². The monoisotopic (exact) mass is 355 g/mol. The van der Waals surface area contributed by atoms with Gasteiger partial charge in [0.1, 0.15) is 10.2 Å². The van der Waals surface area contributed by atoms with Crippen molar-refractivity contribution in [3.05, 3.63) is 70.4 Å². The van der Waals surface area contributed by atoms with Crippen LogP contribution in [0.15, 0.2) is 52.3 Å². The Morgan fingerprint density at radius 1 is 1.21 bits per heavy atom. The average molecular weight is 355 g/mol. The Morgan fingerprint density at radius 3 is 2.67 bits per heavy atom. The lowest BCUT2D eigenvalue weighted by molar-refractivity contribution is 0.102. The predicted octanol–water partition coefficient (Wildman–Crippen LogP) is 4.70. The van der Waals surface area contributed by atoms with E-state index < -0.39 is 0 Å². The van der Waals surface area contributed by atoms with Gasteiger partial charge in [0.05, 0.1) is 0 Å². The molecule has 24 heavy (non-hydrogen) atoms. The van der Waals surface area contributed by atoms with E-state index in [2.05, 4.69) is 20.7 Å². The van der Waals surface area contributed by atoms with Crippen LogP contribution in [0.2, 0.25) is 0 Å². The fraction of sp³-hybridized carbons (Fsp3) is 0.167. The third-order valence-electron chi connectivity index (χ3n) is 3.33. The van der Waals surface area contributed by atoms with Crippen molar-refractivity contribution in [2.75, 3.05) is 5.32 Å². The molecule has 6 heteroatoms. The number of pyridine rings is 1. The highest BCUT2D eigenvalue weighted by Crippen LogP contribution is 2.26. The van der Waals surface area contributed by atoms with Crippen molar-refractivity contribution in [2.24, 2.45) is 0 Å². The standard InChI is InChI=1S/C18H17N3OS2/c1-12-7-8-19-16(9-12)21-17(22)15-5-3-14(4-6-15)11-24-18-20-13(2)10-23-18/h3-10H,11H2,1-2H3,(H,19,21,22). The van der Waals surface area contributed by atoms with Gasteiger partial charge in [-0.25, -0.2) is 9.97 Å². The minimum absolute atomic E-state index is 0.150. The summed E-state index contributed by atoms with van der Waals surface area (Å²) in [6, 6.07) is 11.4. The van der Waals surface area contributed by atoms with Gasteiger partial charge >= 0.3 is 0 Å². The van der Waals surface area contributed by atoms with Crippen molar-refractivity contribution >= 4 is 34.8 Å². The lowest BCUT2D eigenvalue weighted by atomic mass is 10.1. The normalized spacial score (nSPS) is 10.6. The van der Waals surface area contributed by atoms with Gasteiger partial charge in [0, 0.05) is 28.6 Å². The summed E-state index contributed by atoms with van der Waals surface area (Å²) in [5.41, 5.74) is 3.90. The molecule has 2 heterocycles. The van der Waals surface area contributed by atoms with Gasteiger partial charge in [-0.3, -0.25) is 4.79 Å². The molecule has 3 aromatic rings. The van der Waals surface area contributed by atoms with Crippen molar-refractivity contribution in [2.45, 2.75) is 23.9 Å². The molecule has 2 aromatic heterocycles. The maximum Gasteiger partial charge on any atom is 0.256 e. The summed E-state index contributed by atoms with van der Waals surface area (Å²) in [6.45, 7) is 3.96. The van der Waals surface area contributed by atoms with Crippen LogP contribution < -0.4 is 5.32 Å². The van der Waals surface area contributed by atoms with E-state index in [1.807, 2.05) is 50.2 Å². The van der Waals surface area contributed by atoms with E-state index in [9.17, 15) is 4.79 Å². The predicted molar refractivity (Wildman–Crippen MR) is 99.8 cm³/mol. The van der Waals surface area contributed by atoms with Gasteiger partial charge in [0.15, 0.2) is 0 Å². The quantitative estimate of drug-likeness (QED) is 0.674. The molecule has 0 saturated heterocycles. The molecule has 0 bridgehead atoms. The maximum atomic E-state index is 12.3. The molecule has 0 spiro atoms. The van der Waals surface area contributed by atoms with E-state index in [4.69, 9.17) is 0 Å². The van der Waals surface area contributed by atoms with Crippen LogP contribution in [0.3, 0.4) is 0 Å². The Hall–Kier alpha value is -2.18. The Labute approximate surface area is 149 Å². The summed E-state index contributed by atoms with van der Waals surface area (Å²) >= 11 is 3.37. The minimum atomic E-state index is -0.150. The number of amides is 1. The molecule has 1 amide bonds. The molecule has 3 rings (SSSR count). The number of nitrogens with one attached hydrogen (secondary N) is 1. The fourth-order valence-corrected chi connectivity index (χ4v) is 3.89. The molecule has 0 aliphatic rings. The van der Waals surface area contributed by atoms with Crippen LogP contribution in [0, 0.1) is 13.8 Å². The second kappa shape index (κ2) is 7.59. The molecule has 122 valence electrons. The molecule has 0 unspecified atom stereocenters. The molecule has 1 N–H and O–H groups in total. The summed E-state index contributed by atoms with van der Waals surface area (Å²) in [7, 11) is 0. The van der Waals surface area contributed by atoms with Crippen LogP contribution in [-0.4, -0.2) is 15.9 Å². The second-order valence-electron chi connectivity index (χ2n) is 5.41. The van der Waals surface area contributed by atoms with Crippen LogP contribution in [0.25, 0.3) is 0 Å². The molecule has 0 saturated carbocycles. The van der Waals surface area contributed by atoms with Gasteiger partial charge in [0.25, 0.3) is 5.91 Å². The number of carbonyl (C=O) groups is 1. The summed E-state index contributed by atoms with van der Waals surface area (Å²) in [5.74, 6) is 1.26. The Morgan fingerprint density at radius 2 is 2.00 bits per heavy atom. The lowest BCUT2D eigenvalue weighted by Crippen LogP contribution is -2.12. The number of aryl methyl sites for hydroxylation is 2. The second-order valence-corrected chi connectivity index (χ2v) is 7.49. The Kier molecular flexibility index (Phi) is 5.27. The molecule has 1 aromatic carbocycles. The smallest absolute Gasteiger partial charge is 0.256 e. The van der Waals surface area contributed by atoms with Gasteiger partial charge < -0.3 is 5.32 Å². The number of carbonyl (C=O) groups excluding carboxylic acids is 1. The number of hydrogen-bond acceptors (Lipinski definition) is 5. The van der Waals surface area contributed by atoms with Crippen LogP contribution in [0.5, 0.6) is 0 Å². The van der Waals surface area contributed by atoms with Crippen LogP contribution in [-0.2, 0) is 5.75 Å². The zero-order valence-electron chi connectivity index (χ0n) is 13.4. The van der Waals surface area contributed by atoms with E-state index in [0.29, 0.717) is 11.4 Å². The van der Waals surface area contributed by atoms with E-state index in [1.165, 1.54) is 0 Å². The molecule has 0 aliphatic carbocycles. The molecular weight excluding hydrogens is 338 g/mol. The lowest BCUT2D eigenvalue weighted by Gasteiger charge is -2.06. The highest BCUT2D eigenvalue weighted by molar-refractivity contribution is 8.00. The first kappa shape index (κ1) is 16.7. The maximum absolute atomic E-state index is 12.3. The van der Waals surface area contributed by atoms with Gasteiger partial charge in [-0.2, -0.15) is 0 Å². The van der Waals surface area contributed by atoms with Crippen LogP contribution in [0.4, 0.5) is 5.82 Å². The molecule has 0 fully saturated rings. The highest BCUT2D eigenvalue weighted by Gasteiger charge is 2.07. The molecule has 0 aliphatic heterocycles. The van der Waals surface area contributed by atoms with Crippen molar-refractivity contribution in [1.29, 1.82) is 0 Å². The Balaban J connectivity index is 1.60. The average Bonchev–Trinajstić information content (AvgIpc) is 2.99. The SMILES string of the molecule is Cc1ccnc(NC(=O)c2ccc(CSc3nc(C)cs3)cc2)c1. The first-order valence-corrected chi connectivity index (χ1v) is 9.34. The van der Waals surface area contributed by atoms with E-state index in [0.717, 1.165) is 26.9 Å². The number of thioether (sulfide) groups is 1. The number of nitrogens with zero attached hydrogens (tertiary/aromatic N) is 2. The van der Waals surface area contributed by atoms with E-state index in [-0.39, 0.29) is 5.91 Å². The zero-order chi connectivity index (χ0) is 16.9. The van der Waals surface area contributed by atoms with E-state index >= 15 is 0 Å².